The van der Waals surface area contributed by atoms with Crippen molar-refractivity contribution in [1.82, 2.24) is 9.71 Å². The minimum Gasteiger partial charge on any atom is -0.368 e. The molecule has 128 valence electrons. The summed E-state index contributed by atoms with van der Waals surface area (Å²) in [6, 6.07) is 6.72. The van der Waals surface area contributed by atoms with E-state index in [-0.39, 0.29) is 4.90 Å². The van der Waals surface area contributed by atoms with Crippen LogP contribution in [0.2, 0.25) is 0 Å². The lowest BCUT2D eigenvalue weighted by molar-refractivity contribution is -0.130. The van der Waals surface area contributed by atoms with Gasteiger partial charge >= 0.3 is 0 Å². The third-order valence-corrected chi connectivity index (χ3v) is 5.36. The predicted octanol–water partition coefficient (Wildman–Crippen LogP) is 2.16. The molecule has 1 heterocycles. The van der Waals surface area contributed by atoms with Crippen LogP contribution in [0.1, 0.15) is 25.3 Å². The van der Waals surface area contributed by atoms with Crippen LogP contribution in [0.5, 0.6) is 0 Å². The molecule has 1 amide bonds. The number of amides is 1. The highest BCUT2D eigenvalue weighted by atomic mass is 32.2. The van der Waals surface area contributed by atoms with Crippen LogP contribution in [-0.4, -0.2) is 32.0 Å². The molecule has 1 saturated carbocycles. The molecule has 3 rings (SSSR count). The lowest BCUT2D eigenvalue weighted by Gasteiger charge is -2.14. The Morgan fingerprint density at radius 1 is 1.42 bits per heavy atom. The molecule has 24 heavy (non-hydrogen) atoms. The van der Waals surface area contributed by atoms with Gasteiger partial charge < -0.3 is 4.74 Å². The highest BCUT2D eigenvalue weighted by Gasteiger charge is 2.27. The minimum atomic E-state index is -4.01. The van der Waals surface area contributed by atoms with E-state index in [4.69, 9.17) is 4.74 Å². The Hall–Kier alpha value is -1.99. The number of para-hydroxylation sites is 1. The van der Waals surface area contributed by atoms with E-state index in [1.165, 1.54) is 6.07 Å². The fourth-order valence-corrected chi connectivity index (χ4v) is 3.59. The second kappa shape index (κ2) is 6.49. The molecule has 1 fully saturated rings. The molecule has 0 spiro atoms. The molecular formula is C17H20N2O4S. The quantitative estimate of drug-likeness (QED) is 0.865. The lowest BCUT2D eigenvalue weighted by atomic mass is 10.2. The van der Waals surface area contributed by atoms with Gasteiger partial charge in [-0.25, -0.2) is 13.1 Å². The summed E-state index contributed by atoms with van der Waals surface area (Å²) in [6.07, 6.45) is 3.00. The number of carbonyl (C=O) groups excluding carboxylic acids is 1. The van der Waals surface area contributed by atoms with Crippen molar-refractivity contribution in [2.45, 2.75) is 37.7 Å². The van der Waals surface area contributed by atoms with Gasteiger partial charge in [-0.05, 0) is 50.3 Å². The lowest BCUT2D eigenvalue weighted by Crippen LogP contribution is -2.39. The maximum Gasteiger partial charge on any atom is 0.266 e. The standard InChI is InChI=1S/C17H20N2O4S/c1-11-8-14-4-3-5-15(16(14)18-9-11)24(21,22)19-17(20)12(2)23-10-13-6-7-13/h3-5,8-9,12-13H,6-7,10H2,1-2H3,(H,19,20)/t12-/m0/s1. The van der Waals surface area contributed by atoms with Gasteiger partial charge in [-0.1, -0.05) is 12.1 Å². The molecule has 1 atom stereocenters. The highest BCUT2D eigenvalue weighted by Crippen LogP contribution is 2.29. The number of hydrogen-bond donors (Lipinski definition) is 1. The van der Waals surface area contributed by atoms with Gasteiger partial charge in [0.1, 0.15) is 11.0 Å². The van der Waals surface area contributed by atoms with Gasteiger partial charge in [0.25, 0.3) is 15.9 Å². The van der Waals surface area contributed by atoms with Crippen LogP contribution in [0, 0.1) is 12.8 Å². The van der Waals surface area contributed by atoms with E-state index in [0.29, 0.717) is 23.4 Å². The molecule has 1 N–H and O–H groups in total. The Labute approximate surface area is 141 Å². The Morgan fingerprint density at radius 2 is 2.17 bits per heavy atom. The first-order valence-corrected chi connectivity index (χ1v) is 9.39. The van der Waals surface area contributed by atoms with Crippen molar-refractivity contribution in [1.29, 1.82) is 0 Å². The molecule has 1 aromatic carbocycles. The molecule has 2 aromatic rings. The maximum absolute atomic E-state index is 12.6. The third kappa shape index (κ3) is 3.73. The fraction of sp³-hybridized carbons (Fsp3) is 0.412. The molecule has 1 aliphatic rings. The van der Waals surface area contributed by atoms with Crippen molar-refractivity contribution in [2.75, 3.05) is 6.61 Å². The molecule has 0 saturated heterocycles. The first-order valence-electron chi connectivity index (χ1n) is 7.90. The van der Waals surface area contributed by atoms with Crippen LogP contribution in [0.3, 0.4) is 0 Å². The zero-order chi connectivity index (χ0) is 17.3. The Morgan fingerprint density at radius 3 is 2.88 bits per heavy atom. The van der Waals surface area contributed by atoms with E-state index < -0.39 is 22.0 Å². The van der Waals surface area contributed by atoms with Gasteiger partial charge in [0.15, 0.2) is 0 Å². The van der Waals surface area contributed by atoms with Gasteiger partial charge in [-0.2, -0.15) is 0 Å². The molecule has 6 nitrogen and oxygen atoms in total. The van der Waals surface area contributed by atoms with Crippen LogP contribution < -0.4 is 4.72 Å². The molecule has 0 unspecified atom stereocenters. The SMILES string of the molecule is Cc1cnc2c(S(=O)(=O)NC(=O)[C@H](C)OCC3CC3)cccc2c1. The van der Waals surface area contributed by atoms with Crippen LogP contribution in [0.15, 0.2) is 35.4 Å². The van der Waals surface area contributed by atoms with Crippen LogP contribution in [0.25, 0.3) is 10.9 Å². The smallest absolute Gasteiger partial charge is 0.266 e. The number of fused-ring (bicyclic) bond motifs is 1. The highest BCUT2D eigenvalue weighted by molar-refractivity contribution is 7.90. The van der Waals surface area contributed by atoms with Gasteiger partial charge in [0, 0.05) is 11.6 Å². The summed E-state index contributed by atoms with van der Waals surface area (Å²) in [5, 5.41) is 0.711. The van der Waals surface area contributed by atoms with E-state index in [9.17, 15) is 13.2 Å². The number of aryl methyl sites for hydroxylation is 1. The number of aromatic nitrogens is 1. The number of benzene rings is 1. The fourth-order valence-electron chi connectivity index (χ4n) is 2.37. The summed E-state index contributed by atoms with van der Waals surface area (Å²) in [5.74, 6) is -0.165. The van der Waals surface area contributed by atoms with E-state index >= 15 is 0 Å². The van der Waals surface area contributed by atoms with Crippen molar-refractivity contribution in [3.8, 4) is 0 Å². The summed E-state index contributed by atoms with van der Waals surface area (Å²) < 4.78 is 32.6. The number of nitrogens with zero attached hydrogens (tertiary/aromatic N) is 1. The monoisotopic (exact) mass is 348 g/mol. The number of rotatable bonds is 6. The molecule has 0 bridgehead atoms. The normalized spacial score (nSPS) is 16.1. The molecule has 0 radical (unpaired) electrons. The number of nitrogens with one attached hydrogen (secondary N) is 1. The van der Waals surface area contributed by atoms with Crippen LogP contribution in [0.4, 0.5) is 0 Å². The summed E-state index contributed by atoms with van der Waals surface area (Å²) in [7, 11) is -4.01. The molecule has 1 aliphatic carbocycles. The van der Waals surface area contributed by atoms with Gasteiger partial charge in [0.05, 0.1) is 12.1 Å². The summed E-state index contributed by atoms with van der Waals surface area (Å²) in [5.41, 5.74) is 1.28. The largest absolute Gasteiger partial charge is 0.368 e. The van der Waals surface area contributed by atoms with E-state index in [1.54, 1.807) is 25.3 Å². The zero-order valence-corrected chi connectivity index (χ0v) is 14.5. The third-order valence-electron chi connectivity index (χ3n) is 3.98. The van der Waals surface area contributed by atoms with E-state index in [0.717, 1.165) is 18.4 Å². The minimum absolute atomic E-state index is 0.0113. The number of hydrogen-bond acceptors (Lipinski definition) is 5. The summed E-state index contributed by atoms with van der Waals surface area (Å²) >= 11 is 0. The molecule has 1 aromatic heterocycles. The predicted molar refractivity (Wildman–Crippen MR) is 89.9 cm³/mol. The molecular weight excluding hydrogens is 328 g/mol. The first-order chi connectivity index (χ1) is 11.4. The molecule has 0 aliphatic heterocycles. The Kier molecular flexibility index (Phi) is 4.56. The number of ether oxygens (including phenoxy) is 1. The van der Waals surface area contributed by atoms with E-state index in [2.05, 4.69) is 9.71 Å². The Balaban J connectivity index is 1.81. The summed E-state index contributed by atoms with van der Waals surface area (Å²) in [4.78, 5) is 16.3. The molecule has 7 heteroatoms. The topological polar surface area (TPSA) is 85.4 Å². The van der Waals surface area contributed by atoms with Crippen molar-refractivity contribution in [3.05, 3.63) is 36.0 Å². The van der Waals surface area contributed by atoms with Gasteiger partial charge in [-0.15, -0.1) is 0 Å². The van der Waals surface area contributed by atoms with Crippen molar-refractivity contribution < 1.29 is 17.9 Å². The average Bonchev–Trinajstić information content (AvgIpc) is 3.35. The maximum atomic E-state index is 12.6. The van der Waals surface area contributed by atoms with Crippen LogP contribution >= 0.6 is 0 Å². The van der Waals surface area contributed by atoms with Gasteiger partial charge in [-0.3, -0.25) is 9.78 Å². The average molecular weight is 348 g/mol. The van der Waals surface area contributed by atoms with Crippen molar-refractivity contribution >= 4 is 26.8 Å². The number of sulfonamides is 1. The Bertz CT molecular complexity index is 875. The summed E-state index contributed by atoms with van der Waals surface area (Å²) in [6.45, 7) is 3.93. The number of pyridine rings is 1. The van der Waals surface area contributed by atoms with E-state index in [1.807, 2.05) is 13.0 Å². The number of carbonyl (C=O) groups is 1. The van der Waals surface area contributed by atoms with Crippen molar-refractivity contribution in [3.63, 3.8) is 0 Å². The van der Waals surface area contributed by atoms with Crippen molar-refractivity contribution in [2.24, 2.45) is 5.92 Å². The van der Waals surface area contributed by atoms with Gasteiger partial charge in [0.2, 0.25) is 0 Å². The first kappa shape index (κ1) is 16.9. The zero-order valence-electron chi connectivity index (χ0n) is 13.7. The second-order valence-electron chi connectivity index (χ2n) is 6.23. The van der Waals surface area contributed by atoms with Crippen LogP contribution in [-0.2, 0) is 19.6 Å². The second-order valence-corrected chi connectivity index (χ2v) is 7.88.